The number of rotatable bonds is 2. The third kappa shape index (κ3) is 1.27. The number of fused-ring (bicyclic) bond motifs is 1. The molecule has 1 aromatic rings. The molecular weight excluding hydrogens is 176 g/mol. The summed E-state index contributed by atoms with van der Waals surface area (Å²) in [5.41, 5.74) is 1.75. The molecule has 1 atom stereocenters. The second-order valence-electron chi connectivity index (χ2n) is 3.60. The number of hydrogen-bond donors (Lipinski definition) is 0. The van der Waals surface area contributed by atoms with Crippen molar-refractivity contribution in [1.29, 1.82) is 0 Å². The summed E-state index contributed by atoms with van der Waals surface area (Å²) in [6.45, 7) is 1.80. The molecule has 0 radical (unpaired) electrons. The summed E-state index contributed by atoms with van der Waals surface area (Å²) in [5.74, 6) is -0.337. The Morgan fingerprint density at radius 1 is 1.43 bits per heavy atom. The molecule has 1 aromatic carbocycles. The zero-order valence-electron chi connectivity index (χ0n) is 8.12. The molecule has 0 aromatic heterocycles. The summed E-state index contributed by atoms with van der Waals surface area (Å²) >= 11 is 0. The van der Waals surface area contributed by atoms with E-state index in [0.717, 1.165) is 11.1 Å². The van der Waals surface area contributed by atoms with E-state index in [0.29, 0.717) is 12.8 Å². The SMILES string of the molecule is CCC(=O)C1Cc2ccccc2C1=O. The van der Waals surface area contributed by atoms with Crippen LogP contribution >= 0.6 is 0 Å². The second kappa shape index (κ2) is 3.37. The fraction of sp³-hybridized carbons (Fsp3) is 0.333. The highest BCUT2D eigenvalue weighted by Gasteiger charge is 2.33. The summed E-state index contributed by atoms with van der Waals surface area (Å²) in [5, 5.41) is 0. The van der Waals surface area contributed by atoms with Gasteiger partial charge in [-0.15, -0.1) is 0 Å². The molecule has 2 rings (SSSR count). The maximum absolute atomic E-state index is 11.8. The molecule has 0 fully saturated rings. The van der Waals surface area contributed by atoms with Crippen LogP contribution in [0.4, 0.5) is 0 Å². The summed E-state index contributed by atoms with van der Waals surface area (Å²) in [6, 6.07) is 7.48. The fourth-order valence-corrected chi connectivity index (χ4v) is 1.95. The summed E-state index contributed by atoms with van der Waals surface area (Å²) in [7, 11) is 0. The van der Waals surface area contributed by atoms with Crippen LogP contribution in [-0.2, 0) is 11.2 Å². The lowest BCUT2D eigenvalue weighted by Crippen LogP contribution is -2.19. The van der Waals surface area contributed by atoms with Crippen molar-refractivity contribution in [3.63, 3.8) is 0 Å². The van der Waals surface area contributed by atoms with Crippen molar-refractivity contribution in [1.82, 2.24) is 0 Å². The number of ketones is 2. The van der Waals surface area contributed by atoms with Gasteiger partial charge in [0.1, 0.15) is 5.78 Å². The number of carbonyl (C=O) groups is 2. The molecule has 1 aliphatic carbocycles. The third-order valence-corrected chi connectivity index (χ3v) is 2.76. The van der Waals surface area contributed by atoms with Crippen LogP contribution < -0.4 is 0 Å². The summed E-state index contributed by atoms with van der Waals surface area (Å²) < 4.78 is 0. The van der Waals surface area contributed by atoms with Gasteiger partial charge in [-0.3, -0.25) is 9.59 Å². The maximum Gasteiger partial charge on any atom is 0.173 e. The van der Waals surface area contributed by atoms with Crippen molar-refractivity contribution >= 4 is 11.6 Å². The molecule has 14 heavy (non-hydrogen) atoms. The van der Waals surface area contributed by atoms with Crippen LogP contribution in [0.3, 0.4) is 0 Å². The molecule has 0 spiro atoms. The van der Waals surface area contributed by atoms with E-state index in [1.807, 2.05) is 18.2 Å². The van der Waals surface area contributed by atoms with Gasteiger partial charge >= 0.3 is 0 Å². The Morgan fingerprint density at radius 2 is 2.14 bits per heavy atom. The highest BCUT2D eigenvalue weighted by Crippen LogP contribution is 2.27. The predicted molar refractivity (Wildman–Crippen MR) is 53.3 cm³/mol. The molecule has 72 valence electrons. The van der Waals surface area contributed by atoms with Gasteiger partial charge < -0.3 is 0 Å². The predicted octanol–water partition coefficient (Wildman–Crippen LogP) is 2.02. The van der Waals surface area contributed by atoms with Crippen LogP contribution in [0.25, 0.3) is 0 Å². The average molecular weight is 188 g/mol. The van der Waals surface area contributed by atoms with Crippen molar-refractivity contribution < 1.29 is 9.59 Å². The first-order valence-electron chi connectivity index (χ1n) is 4.89. The fourth-order valence-electron chi connectivity index (χ4n) is 1.95. The molecule has 0 aliphatic heterocycles. The first kappa shape index (κ1) is 9.13. The van der Waals surface area contributed by atoms with E-state index < -0.39 is 5.92 Å². The lowest BCUT2D eigenvalue weighted by molar-refractivity contribution is -0.121. The zero-order valence-corrected chi connectivity index (χ0v) is 8.12. The Labute approximate surface area is 82.9 Å². The summed E-state index contributed by atoms with van der Waals surface area (Å²) in [6.07, 6.45) is 1.05. The molecular formula is C12H12O2. The van der Waals surface area contributed by atoms with Crippen LogP contribution in [0.15, 0.2) is 24.3 Å². The standard InChI is InChI=1S/C12H12O2/c1-2-11(13)10-7-8-5-3-4-6-9(8)12(10)14/h3-6,10H,2,7H2,1H3. The third-order valence-electron chi connectivity index (χ3n) is 2.76. The van der Waals surface area contributed by atoms with Gasteiger partial charge in [0.15, 0.2) is 5.78 Å². The van der Waals surface area contributed by atoms with Crippen molar-refractivity contribution in [2.45, 2.75) is 19.8 Å². The van der Waals surface area contributed by atoms with E-state index in [9.17, 15) is 9.59 Å². The smallest absolute Gasteiger partial charge is 0.173 e. The minimum absolute atomic E-state index is 0.00690. The Hall–Kier alpha value is -1.44. The van der Waals surface area contributed by atoms with Gasteiger partial charge in [0, 0.05) is 12.0 Å². The van der Waals surface area contributed by atoms with E-state index >= 15 is 0 Å². The number of hydrogen-bond acceptors (Lipinski definition) is 2. The second-order valence-corrected chi connectivity index (χ2v) is 3.60. The van der Waals surface area contributed by atoms with Crippen LogP contribution in [0, 0.1) is 5.92 Å². The van der Waals surface area contributed by atoms with Crippen LogP contribution in [0.1, 0.15) is 29.3 Å². The molecule has 0 N–H and O–H groups in total. The molecule has 0 bridgehead atoms. The Bertz CT molecular complexity index is 393. The quantitative estimate of drug-likeness (QED) is 0.665. The van der Waals surface area contributed by atoms with E-state index in [1.54, 1.807) is 13.0 Å². The number of carbonyl (C=O) groups excluding carboxylic acids is 2. The monoisotopic (exact) mass is 188 g/mol. The minimum Gasteiger partial charge on any atom is -0.299 e. The highest BCUT2D eigenvalue weighted by molar-refractivity contribution is 6.13. The van der Waals surface area contributed by atoms with E-state index in [4.69, 9.17) is 0 Å². The lowest BCUT2D eigenvalue weighted by atomic mass is 9.98. The molecule has 0 amide bonds. The normalized spacial score (nSPS) is 19.5. The van der Waals surface area contributed by atoms with Crippen LogP contribution in [0.5, 0.6) is 0 Å². The van der Waals surface area contributed by atoms with Crippen molar-refractivity contribution in [2.24, 2.45) is 5.92 Å². The van der Waals surface area contributed by atoms with Gasteiger partial charge in [-0.1, -0.05) is 31.2 Å². The van der Waals surface area contributed by atoms with Gasteiger partial charge in [0.25, 0.3) is 0 Å². The first-order valence-corrected chi connectivity index (χ1v) is 4.89. The number of benzene rings is 1. The number of Topliss-reactive ketones (excluding diaryl/α,β-unsaturated/α-hetero) is 2. The van der Waals surface area contributed by atoms with E-state index in [1.165, 1.54) is 0 Å². The molecule has 2 heteroatoms. The van der Waals surface area contributed by atoms with Crippen LogP contribution in [0.2, 0.25) is 0 Å². The molecule has 0 saturated heterocycles. The Morgan fingerprint density at radius 3 is 2.79 bits per heavy atom. The Kier molecular flexibility index (Phi) is 2.20. The molecule has 1 unspecified atom stereocenters. The van der Waals surface area contributed by atoms with Crippen LogP contribution in [-0.4, -0.2) is 11.6 Å². The van der Waals surface area contributed by atoms with Crippen molar-refractivity contribution in [3.8, 4) is 0 Å². The van der Waals surface area contributed by atoms with Gasteiger partial charge in [-0.2, -0.15) is 0 Å². The minimum atomic E-state index is -0.405. The topological polar surface area (TPSA) is 34.1 Å². The highest BCUT2D eigenvalue weighted by atomic mass is 16.2. The molecule has 0 heterocycles. The largest absolute Gasteiger partial charge is 0.299 e. The molecule has 0 saturated carbocycles. The van der Waals surface area contributed by atoms with E-state index in [2.05, 4.69) is 0 Å². The van der Waals surface area contributed by atoms with Gasteiger partial charge in [0.2, 0.25) is 0 Å². The zero-order chi connectivity index (χ0) is 10.1. The lowest BCUT2D eigenvalue weighted by Gasteiger charge is -2.02. The van der Waals surface area contributed by atoms with E-state index in [-0.39, 0.29) is 11.6 Å². The van der Waals surface area contributed by atoms with Gasteiger partial charge in [-0.25, -0.2) is 0 Å². The van der Waals surface area contributed by atoms with Crippen molar-refractivity contribution in [2.75, 3.05) is 0 Å². The Balaban J connectivity index is 2.35. The molecule has 1 aliphatic rings. The molecule has 2 nitrogen and oxygen atoms in total. The van der Waals surface area contributed by atoms with Gasteiger partial charge in [0.05, 0.1) is 5.92 Å². The average Bonchev–Trinajstić information content (AvgIpc) is 2.56. The summed E-state index contributed by atoms with van der Waals surface area (Å²) in [4.78, 5) is 23.2. The van der Waals surface area contributed by atoms with Crippen molar-refractivity contribution in [3.05, 3.63) is 35.4 Å². The van der Waals surface area contributed by atoms with Gasteiger partial charge in [-0.05, 0) is 12.0 Å². The maximum atomic E-state index is 11.8. The first-order chi connectivity index (χ1) is 6.74.